The lowest BCUT2D eigenvalue weighted by Crippen LogP contribution is -2.16. The van der Waals surface area contributed by atoms with Gasteiger partial charge in [0.15, 0.2) is 5.82 Å². The van der Waals surface area contributed by atoms with Crippen LogP contribution in [0.15, 0.2) is 52.1 Å². The number of carbonyl (C=O) groups is 1. The van der Waals surface area contributed by atoms with Gasteiger partial charge in [-0.1, -0.05) is 57.5 Å². The molecule has 0 atom stereocenters. The van der Waals surface area contributed by atoms with Gasteiger partial charge in [-0.25, -0.2) is 4.68 Å². The van der Waals surface area contributed by atoms with Gasteiger partial charge in [-0.15, -0.1) is 10.2 Å². The van der Waals surface area contributed by atoms with Gasteiger partial charge in [0.1, 0.15) is 0 Å². The summed E-state index contributed by atoms with van der Waals surface area (Å²) in [5, 5.41) is 11.9. The third-order valence-corrected chi connectivity index (χ3v) is 5.46. The zero-order valence-electron chi connectivity index (χ0n) is 13.7. The molecule has 0 radical (unpaired) electrons. The van der Waals surface area contributed by atoms with E-state index in [2.05, 4.69) is 31.4 Å². The molecule has 1 heterocycles. The second-order valence-electron chi connectivity index (χ2n) is 5.48. The molecule has 3 rings (SSSR count). The Morgan fingerprint density at radius 1 is 1.31 bits per heavy atom. The Morgan fingerprint density at radius 3 is 2.81 bits per heavy atom. The lowest BCUT2D eigenvalue weighted by atomic mass is 10.2. The number of thioether (sulfide) groups is 1. The molecular weight excluding hydrogens is 438 g/mol. The van der Waals surface area contributed by atoms with Crippen LogP contribution >= 0.6 is 39.3 Å². The fourth-order valence-corrected chi connectivity index (χ4v) is 3.64. The van der Waals surface area contributed by atoms with Crippen molar-refractivity contribution in [3.63, 3.8) is 0 Å². The quantitative estimate of drug-likeness (QED) is 0.449. The topological polar surface area (TPSA) is 85.8 Å². The van der Waals surface area contributed by atoms with Crippen molar-refractivity contribution in [2.75, 3.05) is 16.9 Å². The van der Waals surface area contributed by atoms with Crippen LogP contribution in [0.25, 0.3) is 11.4 Å². The highest BCUT2D eigenvalue weighted by atomic mass is 79.9. The summed E-state index contributed by atoms with van der Waals surface area (Å²) in [6, 6.07) is 13.0. The Bertz CT molecular complexity index is 962. The first kappa shape index (κ1) is 18.8. The monoisotopic (exact) mass is 451 g/mol. The van der Waals surface area contributed by atoms with Gasteiger partial charge in [-0.05, 0) is 36.8 Å². The minimum atomic E-state index is -0.203. The number of amides is 1. The number of aryl methyl sites for hydroxylation is 1. The second-order valence-corrected chi connectivity index (χ2v) is 7.68. The molecule has 26 heavy (non-hydrogen) atoms. The van der Waals surface area contributed by atoms with Crippen molar-refractivity contribution >= 4 is 50.9 Å². The average Bonchev–Trinajstić information content (AvgIpc) is 2.97. The van der Waals surface area contributed by atoms with Crippen molar-refractivity contribution in [1.29, 1.82) is 0 Å². The molecule has 0 aliphatic carbocycles. The third-order valence-electron chi connectivity index (χ3n) is 3.51. The fraction of sp³-hybridized carbons (Fsp3) is 0.118. The Hall–Kier alpha value is -2.03. The van der Waals surface area contributed by atoms with Crippen LogP contribution in [0.1, 0.15) is 5.56 Å². The Balaban J connectivity index is 1.67. The molecule has 0 fully saturated rings. The smallest absolute Gasteiger partial charge is 0.234 e. The third kappa shape index (κ3) is 4.20. The Morgan fingerprint density at radius 2 is 2.08 bits per heavy atom. The summed E-state index contributed by atoms with van der Waals surface area (Å²) >= 11 is 10.8. The molecule has 0 aliphatic rings. The molecular formula is C17H15BrClN5OS. The highest BCUT2D eigenvalue weighted by molar-refractivity contribution is 9.10. The van der Waals surface area contributed by atoms with Crippen molar-refractivity contribution < 1.29 is 4.79 Å². The summed E-state index contributed by atoms with van der Waals surface area (Å²) in [7, 11) is 0. The van der Waals surface area contributed by atoms with Crippen molar-refractivity contribution in [2.24, 2.45) is 0 Å². The molecule has 9 heteroatoms. The molecule has 1 aromatic heterocycles. The number of rotatable bonds is 5. The van der Waals surface area contributed by atoms with E-state index in [0.29, 0.717) is 21.7 Å². The van der Waals surface area contributed by atoms with Crippen LogP contribution in [-0.4, -0.2) is 26.5 Å². The number of hydrogen-bond donors (Lipinski definition) is 2. The SMILES string of the molecule is Cc1ccc(NC(=O)CSc2nnc(-c3ccccc3Br)n2N)c(Cl)c1. The van der Waals surface area contributed by atoms with Crippen molar-refractivity contribution in [1.82, 2.24) is 14.9 Å². The van der Waals surface area contributed by atoms with E-state index in [1.807, 2.05) is 37.3 Å². The summed E-state index contributed by atoms with van der Waals surface area (Å²) in [6.07, 6.45) is 0. The van der Waals surface area contributed by atoms with Crippen molar-refractivity contribution in [3.8, 4) is 11.4 Å². The summed E-state index contributed by atoms with van der Waals surface area (Å²) in [5.74, 6) is 6.53. The maximum Gasteiger partial charge on any atom is 0.234 e. The fourth-order valence-electron chi connectivity index (χ4n) is 2.24. The van der Waals surface area contributed by atoms with Crippen LogP contribution < -0.4 is 11.2 Å². The number of nitrogen functional groups attached to an aromatic ring is 1. The number of benzene rings is 2. The standard InChI is InChI=1S/C17H15BrClN5OS/c1-10-6-7-14(13(19)8-10)21-15(25)9-26-17-23-22-16(24(17)20)11-4-2-3-5-12(11)18/h2-8H,9,20H2,1H3,(H,21,25). The lowest BCUT2D eigenvalue weighted by molar-refractivity contribution is -0.113. The Kier molecular flexibility index (Phi) is 5.85. The van der Waals surface area contributed by atoms with Gasteiger partial charge >= 0.3 is 0 Å². The van der Waals surface area contributed by atoms with Crippen molar-refractivity contribution in [2.45, 2.75) is 12.1 Å². The summed E-state index contributed by atoms with van der Waals surface area (Å²) < 4.78 is 2.24. The largest absolute Gasteiger partial charge is 0.335 e. The van der Waals surface area contributed by atoms with Crippen LogP contribution in [0.4, 0.5) is 5.69 Å². The van der Waals surface area contributed by atoms with Gasteiger partial charge in [0.2, 0.25) is 11.1 Å². The van der Waals surface area contributed by atoms with Gasteiger partial charge in [0.05, 0.1) is 16.5 Å². The molecule has 3 N–H and O–H groups in total. The molecule has 1 amide bonds. The lowest BCUT2D eigenvalue weighted by Gasteiger charge is -2.08. The first-order valence-corrected chi connectivity index (χ1v) is 9.75. The van der Waals surface area contributed by atoms with Crippen LogP contribution in [0.5, 0.6) is 0 Å². The van der Waals surface area contributed by atoms with E-state index in [4.69, 9.17) is 17.4 Å². The first-order valence-electron chi connectivity index (χ1n) is 7.60. The van der Waals surface area contributed by atoms with E-state index in [1.54, 1.807) is 12.1 Å². The molecule has 0 aliphatic heterocycles. The van der Waals surface area contributed by atoms with E-state index in [9.17, 15) is 4.79 Å². The minimum absolute atomic E-state index is 0.134. The number of halogens is 2. The molecule has 0 saturated heterocycles. The van der Waals surface area contributed by atoms with E-state index in [0.717, 1.165) is 15.6 Å². The highest BCUT2D eigenvalue weighted by Crippen LogP contribution is 2.28. The van der Waals surface area contributed by atoms with E-state index < -0.39 is 0 Å². The van der Waals surface area contributed by atoms with Crippen molar-refractivity contribution in [3.05, 3.63) is 57.5 Å². The molecule has 134 valence electrons. The van der Waals surface area contributed by atoms with Crippen LogP contribution in [0.2, 0.25) is 5.02 Å². The highest BCUT2D eigenvalue weighted by Gasteiger charge is 2.16. The van der Waals surface area contributed by atoms with Crippen LogP contribution in [0, 0.1) is 6.92 Å². The Labute approximate surface area is 168 Å². The molecule has 2 aromatic carbocycles. The maximum absolute atomic E-state index is 12.2. The molecule has 0 bridgehead atoms. The van der Waals surface area contributed by atoms with E-state index in [1.165, 1.54) is 16.4 Å². The molecule has 0 saturated carbocycles. The van der Waals surface area contributed by atoms with Gasteiger partial charge < -0.3 is 11.2 Å². The first-order chi connectivity index (χ1) is 12.5. The number of hydrogen-bond acceptors (Lipinski definition) is 5. The zero-order chi connectivity index (χ0) is 18.7. The molecule has 0 spiro atoms. The number of nitrogens with one attached hydrogen (secondary N) is 1. The van der Waals surface area contributed by atoms with Gasteiger partial charge in [-0.3, -0.25) is 4.79 Å². The van der Waals surface area contributed by atoms with Crippen LogP contribution in [0.3, 0.4) is 0 Å². The number of nitrogens with zero attached hydrogens (tertiary/aromatic N) is 3. The van der Waals surface area contributed by atoms with Gasteiger partial charge in [0, 0.05) is 10.0 Å². The molecule has 0 unspecified atom stereocenters. The number of nitrogens with two attached hydrogens (primary N) is 1. The molecule has 6 nitrogen and oxygen atoms in total. The van der Waals surface area contributed by atoms with Gasteiger partial charge in [-0.2, -0.15) is 0 Å². The predicted molar refractivity (Wildman–Crippen MR) is 109 cm³/mol. The zero-order valence-corrected chi connectivity index (χ0v) is 16.9. The maximum atomic E-state index is 12.2. The predicted octanol–water partition coefficient (Wildman–Crippen LogP) is 4.11. The molecule has 3 aromatic rings. The van der Waals surface area contributed by atoms with E-state index >= 15 is 0 Å². The number of aromatic nitrogens is 3. The second kappa shape index (κ2) is 8.11. The minimum Gasteiger partial charge on any atom is -0.335 e. The normalized spacial score (nSPS) is 10.7. The summed E-state index contributed by atoms with van der Waals surface area (Å²) in [6.45, 7) is 1.93. The number of anilines is 1. The summed E-state index contributed by atoms with van der Waals surface area (Å²) in [4.78, 5) is 12.2. The van der Waals surface area contributed by atoms with Crippen LogP contribution in [-0.2, 0) is 4.79 Å². The van der Waals surface area contributed by atoms with E-state index in [-0.39, 0.29) is 11.7 Å². The average molecular weight is 453 g/mol. The van der Waals surface area contributed by atoms with Gasteiger partial charge in [0.25, 0.3) is 0 Å². The summed E-state index contributed by atoms with van der Waals surface area (Å²) in [5.41, 5.74) is 2.43. The number of carbonyl (C=O) groups excluding carboxylic acids is 1.